The third-order valence-electron chi connectivity index (χ3n) is 6.12. The number of amides is 1. The first-order valence-electron chi connectivity index (χ1n) is 11.7. The van der Waals surface area contributed by atoms with Crippen LogP contribution in [0.15, 0.2) is 97.1 Å². The highest BCUT2D eigenvalue weighted by molar-refractivity contribution is 6.02. The van der Waals surface area contributed by atoms with E-state index < -0.39 is 11.9 Å². The highest BCUT2D eigenvalue weighted by Crippen LogP contribution is 2.36. The molecule has 5 rings (SSSR count). The Hall–Kier alpha value is -4.45. The molecule has 180 valence electrons. The lowest BCUT2D eigenvalue weighted by Gasteiger charge is -2.25. The molecule has 1 N–H and O–H groups in total. The van der Waals surface area contributed by atoms with Crippen molar-refractivity contribution in [2.45, 2.75) is 13.0 Å². The van der Waals surface area contributed by atoms with Crippen LogP contribution in [0.5, 0.6) is 5.75 Å². The van der Waals surface area contributed by atoms with Gasteiger partial charge in [0.05, 0.1) is 23.8 Å². The molecule has 1 unspecified atom stereocenters. The molecule has 1 aliphatic heterocycles. The molecule has 0 spiro atoms. The number of anilines is 1. The molecule has 0 fully saturated rings. The highest BCUT2D eigenvalue weighted by Gasteiger charge is 2.29. The van der Waals surface area contributed by atoms with Crippen molar-refractivity contribution in [3.8, 4) is 16.9 Å². The van der Waals surface area contributed by atoms with E-state index in [1.807, 2.05) is 60.7 Å². The second-order valence-electron chi connectivity index (χ2n) is 8.65. The van der Waals surface area contributed by atoms with Crippen molar-refractivity contribution in [1.29, 1.82) is 0 Å². The Labute approximate surface area is 208 Å². The number of fused-ring (bicyclic) bond motifs is 1. The molecule has 1 aliphatic rings. The molecule has 0 aromatic heterocycles. The van der Waals surface area contributed by atoms with Crippen LogP contribution in [0.3, 0.4) is 0 Å². The van der Waals surface area contributed by atoms with Gasteiger partial charge in [0.15, 0.2) is 5.78 Å². The van der Waals surface area contributed by atoms with Crippen LogP contribution in [0.2, 0.25) is 0 Å². The Kier molecular flexibility index (Phi) is 6.76. The van der Waals surface area contributed by atoms with E-state index in [1.165, 1.54) is 18.2 Å². The summed E-state index contributed by atoms with van der Waals surface area (Å²) in [5.74, 6) is -0.250. The number of hydrogen-bond donors (Lipinski definition) is 1. The molecule has 1 atom stereocenters. The molecule has 1 heterocycles. The van der Waals surface area contributed by atoms with Gasteiger partial charge in [-0.05, 0) is 53.4 Å². The fourth-order valence-electron chi connectivity index (χ4n) is 4.28. The molecule has 4 aromatic rings. The third kappa shape index (κ3) is 5.28. The first kappa shape index (κ1) is 23.3. The number of Topliss-reactive ketones (excluding diaryl/α,β-unsaturated/α-hetero) is 1. The van der Waals surface area contributed by atoms with Crippen LogP contribution >= 0.6 is 0 Å². The number of benzene rings is 4. The van der Waals surface area contributed by atoms with Gasteiger partial charge in [0, 0.05) is 5.56 Å². The number of rotatable bonds is 6. The number of carbonyl (C=O) groups is 2. The molecule has 1 amide bonds. The van der Waals surface area contributed by atoms with Crippen LogP contribution in [0.4, 0.5) is 14.9 Å². The van der Waals surface area contributed by atoms with Gasteiger partial charge >= 0.3 is 6.09 Å². The SMILES string of the molecule is O=C(Nc1ccc(F)cc1-c1ccc2c(c1)OCC(Cc1ccccc1)C2=O)OCc1ccccc1. The van der Waals surface area contributed by atoms with Gasteiger partial charge in [-0.25, -0.2) is 9.18 Å². The monoisotopic (exact) mass is 481 g/mol. The highest BCUT2D eigenvalue weighted by atomic mass is 19.1. The first-order chi connectivity index (χ1) is 17.6. The minimum absolute atomic E-state index is 0.0220. The van der Waals surface area contributed by atoms with E-state index in [9.17, 15) is 14.0 Å². The Morgan fingerprint density at radius 1 is 0.889 bits per heavy atom. The van der Waals surface area contributed by atoms with Crippen molar-refractivity contribution >= 4 is 17.6 Å². The van der Waals surface area contributed by atoms with Crippen molar-refractivity contribution in [3.05, 3.63) is 120 Å². The Balaban J connectivity index is 1.34. The molecule has 5 nitrogen and oxygen atoms in total. The predicted octanol–water partition coefficient (Wildman–Crippen LogP) is 6.68. The second kappa shape index (κ2) is 10.4. The molecule has 0 saturated heterocycles. The molecule has 6 heteroatoms. The summed E-state index contributed by atoms with van der Waals surface area (Å²) in [7, 11) is 0. The van der Waals surface area contributed by atoms with Crippen molar-refractivity contribution in [2.24, 2.45) is 5.92 Å². The lowest BCUT2D eigenvalue weighted by molar-refractivity contribution is 0.0830. The zero-order valence-corrected chi connectivity index (χ0v) is 19.4. The summed E-state index contributed by atoms with van der Waals surface area (Å²) in [5, 5.41) is 2.69. The standard InChI is InChI=1S/C30H24FNO4/c31-24-12-14-27(32-30(34)36-18-21-9-5-2-6-10-21)26(17-24)22-11-13-25-28(16-22)35-19-23(29(25)33)15-20-7-3-1-4-8-20/h1-14,16-17,23H,15,18-19H2,(H,32,34). The van der Waals surface area contributed by atoms with E-state index in [-0.39, 0.29) is 24.9 Å². The maximum absolute atomic E-state index is 14.2. The molecule has 0 bridgehead atoms. The van der Waals surface area contributed by atoms with Gasteiger partial charge in [0.2, 0.25) is 0 Å². The number of carbonyl (C=O) groups excluding carboxylic acids is 2. The first-order valence-corrected chi connectivity index (χ1v) is 11.7. The number of hydrogen-bond acceptors (Lipinski definition) is 4. The summed E-state index contributed by atoms with van der Waals surface area (Å²) in [4.78, 5) is 25.5. The minimum Gasteiger partial charge on any atom is -0.492 e. The van der Waals surface area contributed by atoms with Gasteiger partial charge in [0.25, 0.3) is 0 Å². The third-order valence-corrected chi connectivity index (χ3v) is 6.12. The molecule has 4 aromatic carbocycles. The number of ketones is 1. The smallest absolute Gasteiger partial charge is 0.411 e. The largest absolute Gasteiger partial charge is 0.492 e. The lowest BCUT2D eigenvalue weighted by atomic mass is 9.88. The molecule has 0 aliphatic carbocycles. The van der Waals surface area contributed by atoms with Crippen LogP contribution in [-0.4, -0.2) is 18.5 Å². The molecule has 0 saturated carbocycles. The average molecular weight is 482 g/mol. The van der Waals surface area contributed by atoms with Crippen LogP contribution in [0.25, 0.3) is 11.1 Å². The average Bonchev–Trinajstić information content (AvgIpc) is 2.91. The molecular formula is C30H24FNO4. The number of nitrogens with one attached hydrogen (secondary N) is 1. The van der Waals surface area contributed by atoms with E-state index in [1.54, 1.807) is 18.2 Å². The maximum atomic E-state index is 14.2. The fourth-order valence-corrected chi connectivity index (χ4v) is 4.28. The summed E-state index contributed by atoms with van der Waals surface area (Å²) < 4.78 is 25.4. The fraction of sp³-hybridized carbons (Fsp3) is 0.133. The zero-order valence-electron chi connectivity index (χ0n) is 19.4. The molecule has 0 radical (unpaired) electrons. The van der Waals surface area contributed by atoms with Crippen molar-refractivity contribution in [1.82, 2.24) is 0 Å². The van der Waals surface area contributed by atoms with Gasteiger partial charge in [-0.2, -0.15) is 0 Å². The van der Waals surface area contributed by atoms with Crippen molar-refractivity contribution in [3.63, 3.8) is 0 Å². The van der Waals surface area contributed by atoms with Crippen LogP contribution < -0.4 is 10.1 Å². The van der Waals surface area contributed by atoms with Gasteiger partial charge in [0.1, 0.15) is 18.2 Å². The number of halogens is 1. The van der Waals surface area contributed by atoms with Gasteiger partial charge in [-0.1, -0.05) is 66.7 Å². The van der Waals surface area contributed by atoms with Crippen LogP contribution in [-0.2, 0) is 17.8 Å². The predicted molar refractivity (Wildman–Crippen MR) is 136 cm³/mol. The Morgan fingerprint density at radius 2 is 1.61 bits per heavy atom. The zero-order chi connectivity index (χ0) is 24.9. The van der Waals surface area contributed by atoms with E-state index in [0.29, 0.717) is 34.5 Å². The van der Waals surface area contributed by atoms with Gasteiger partial charge in [-0.3, -0.25) is 10.1 Å². The quantitative estimate of drug-likeness (QED) is 0.334. The summed E-state index contributed by atoms with van der Waals surface area (Å²) in [6, 6.07) is 28.4. The summed E-state index contributed by atoms with van der Waals surface area (Å²) in [6.45, 7) is 0.381. The van der Waals surface area contributed by atoms with E-state index in [4.69, 9.17) is 9.47 Å². The van der Waals surface area contributed by atoms with Gasteiger partial charge < -0.3 is 9.47 Å². The maximum Gasteiger partial charge on any atom is 0.411 e. The van der Waals surface area contributed by atoms with Gasteiger partial charge in [-0.15, -0.1) is 0 Å². The second-order valence-corrected chi connectivity index (χ2v) is 8.65. The summed E-state index contributed by atoms with van der Waals surface area (Å²) >= 11 is 0. The van der Waals surface area contributed by atoms with Crippen molar-refractivity contribution in [2.75, 3.05) is 11.9 Å². The van der Waals surface area contributed by atoms with E-state index >= 15 is 0 Å². The summed E-state index contributed by atoms with van der Waals surface area (Å²) in [5.41, 5.74) is 3.89. The van der Waals surface area contributed by atoms with Crippen LogP contribution in [0.1, 0.15) is 21.5 Å². The van der Waals surface area contributed by atoms with E-state index in [0.717, 1.165) is 11.1 Å². The van der Waals surface area contributed by atoms with E-state index in [2.05, 4.69) is 5.32 Å². The molecule has 36 heavy (non-hydrogen) atoms. The lowest BCUT2D eigenvalue weighted by Crippen LogP contribution is -2.29. The Morgan fingerprint density at radius 3 is 2.36 bits per heavy atom. The number of ether oxygens (including phenoxy) is 2. The summed E-state index contributed by atoms with van der Waals surface area (Å²) in [6.07, 6.45) is -0.0518. The normalized spacial score (nSPS) is 14.5. The van der Waals surface area contributed by atoms with Crippen molar-refractivity contribution < 1.29 is 23.5 Å². The molecular weight excluding hydrogens is 457 g/mol. The van der Waals surface area contributed by atoms with Crippen LogP contribution in [0, 0.1) is 11.7 Å². The minimum atomic E-state index is -0.653. The topological polar surface area (TPSA) is 64.6 Å². The Bertz CT molecular complexity index is 1390.